The molecule has 0 unspecified atom stereocenters. The molecular weight excluding hydrogens is 500 g/mol. The molecule has 2 fully saturated rings. The summed E-state index contributed by atoms with van der Waals surface area (Å²) in [4.78, 5) is 15.7. The second kappa shape index (κ2) is 16.8. The number of likely N-dealkylation sites (tertiary alicyclic amines) is 1. The van der Waals surface area contributed by atoms with E-state index in [2.05, 4.69) is 5.32 Å². The van der Waals surface area contributed by atoms with Crippen molar-refractivity contribution in [1.82, 2.24) is 10.2 Å². The van der Waals surface area contributed by atoms with Crippen LogP contribution in [0.2, 0.25) is 5.02 Å². The molecule has 1 aliphatic heterocycles. The summed E-state index contributed by atoms with van der Waals surface area (Å²) in [6, 6.07) is 7.63. The van der Waals surface area contributed by atoms with Gasteiger partial charge in [0.2, 0.25) is 5.91 Å². The third-order valence-electron chi connectivity index (χ3n) is 8.70. The van der Waals surface area contributed by atoms with Crippen LogP contribution in [0.15, 0.2) is 24.3 Å². The van der Waals surface area contributed by atoms with Gasteiger partial charge < -0.3 is 24.8 Å². The summed E-state index contributed by atoms with van der Waals surface area (Å²) in [6.45, 7) is 4.41. The lowest BCUT2D eigenvalue weighted by atomic mass is 9.74. The average Bonchev–Trinajstić information content (AvgIpc) is 2.94. The maximum Gasteiger partial charge on any atom is 0.222 e. The quantitative estimate of drug-likeness (QED) is 0.255. The van der Waals surface area contributed by atoms with Crippen LogP contribution in [0.5, 0.6) is 0 Å². The third kappa shape index (κ3) is 9.78. The van der Waals surface area contributed by atoms with E-state index in [1.165, 1.54) is 32.1 Å². The third-order valence-corrected chi connectivity index (χ3v) is 8.94. The maximum absolute atomic E-state index is 13.7. The van der Waals surface area contributed by atoms with Gasteiger partial charge in [-0.05, 0) is 74.6 Å². The second-order valence-electron chi connectivity index (χ2n) is 11.6. The van der Waals surface area contributed by atoms with Crippen molar-refractivity contribution in [2.24, 2.45) is 17.8 Å². The Bertz CT molecular complexity index is 819. The van der Waals surface area contributed by atoms with Gasteiger partial charge in [0.1, 0.15) is 0 Å². The number of benzene rings is 1. The molecule has 1 aromatic rings. The van der Waals surface area contributed by atoms with Crippen molar-refractivity contribution in [3.63, 3.8) is 0 Å². The molecule has 3 rings (SSSR count). The molecule has 0 spiro atoms. The Morgan fingerprint density at radius 1 is 1.13 bits per heavy atom. The number of methoxy groups -OCH3 is 2. The summed E-state index contributed by atoms with van der Waals surface area (Å²) >= 11 is 6.34. The van der Waals surface area contributed by atoms with Crippen molar-refractivity contribution in [1.29, 1.82) is 0 Å². The highest BCUT2D eigenvalue weighted by Gasteiger charge is 2.41. The molecular formula is C31H51ClN2O4. The molecule has 0 radical (unpaired) electrons. The second-order valence-corrected chi connectivity index (χ2v) is 12.0. The van der Waals surface area contributed by atoms with Gasteiger partial charge in [0, 0.05) is 57.8 Å². The molecule has 3 atom stereocenters. The minimum atomic E-state index is -1.01. The first-order chi connectivity index (χ1) is 18.5. The van der Waals surface area contributed by atoms with E-state index in [0.717, 1.165) is 63.2 Å². The van der Waals surface area contributed by atoms with Crippen molar-refractivity contribution in [2.75, 3.05) is 53.6 Å². The van der Waals surface area contributed by atoms with Gasteiger partial charge in [-0.2, -0.15) is 0 Å². The van der Waals surface area contributed by atoms with Gasteiger partial charge in [0.05, 0.1) is 12.2 Å². The average molecular weight is 551 g/mol. The number of aliphatic hydroxyl groups is 1. The lowest BCUT2D eigenvalue weighted by Gasteiger charge is -2.43. The highest BCUT2D eigenvalue weighted by atomic mass is 35.5. The molecule has 1 aliphatic carbocycles. The molecule has 0 aromatic heterocycles. The fourth-order valence-corrected chi connectivity index (χ4v) is 6.76. The molecule has 2 N–H and O–H groups in total. The van der Waals surface area contributed by atoms with Crippen molar-refractivity contribution in [3.05, 3.63) is 34.9 Å². The van der Waals surface area contributed by atoms with E-state index in [-0.39, 0.29) is 11.8 Å². The molecule has 6 nitrogen and oxygen atoms in total. The first kappa shape index (κ1) is 31.3. The summed E-state index contributed by atoms with van der Waals surface area (Å²) in [7, 11) is 3.43. The van der Waals surface area contributed by atoms with Crippen LogP contribution >= 0.6 is 11.6 Å². The predicted molar refractivity (Wildman–Crippen MR) is 154 cm³/mol. The highest BCUT2D eigenvalue weighted by Crippen LogP contribution is 2.41. The van der Waals surface area contributed by atoms with Crippen LogP contribution in [0.4, 0.5) is 0 Å². The van der Waals surface area contributed by atoms with Gasteiger partial charge in [-0.15, -0.1) is 0 Å². The fourth-order valence-electron chi connectivity index (χ4n) is 6.57. The topological polar surface area (TPSA) is 71.0 Å². The van der Waals surface area contributed by atoms with Gasteiger partial charge in [-0.1, -0.05) is 55.8 Å². The summed E-state index contributed by atoms with van der Waals surface area (Å²) < 4.78 is 10.4. The van der Waals surface area contributed by atoms with Crippen LogP contribution in [0.1, 0.15) is 82.6 Å². The highest BCUT2D eigenvalue weighted by molar-refractivity contribution is 6.30. The Labute approximate surface area is 235 Å². The van der Waals surface area contributed by atoms with Crippen LogP contribution in [-0.4, -0.2) is 69.5 Å². The molecule has 0 bridgehead atoms. The van der Waals surface area contributed by atoms with Gasteiger partial charge in [0.15, 0.2) is 0 Å². The summed E-state index contributed by atoms with van der Waals surface area (Å²) in [5, 5.41) is 16.3. The number of carbonyl (C=O) groups is 1. The van der Waals surface area contributed by atoms with Crippen molar-refractivity contribution >= 4 is 17.5 Å². The molecule has 7 heteroatoms. The molecule has 1 saturated heterocycles. The Balaban J connectivity index is 1.67. The van der Waals surface area contributed by atoms with Crippen LogP contribution in [0, 0.1) is 17.8 Å². The summed E-state index contributed by atoms with van der Waals surface area (Å²) in [5.41, 5.74) is -0.153. The Kier molecular flexibility index (Phi) is 13.9. The number of nitrogens with one attached hydrogen (secondary N) is 1. The minimum absolute atomic E-state index is 0.0159. The normalized spacial score (nSPS) is 21.3. The Morgan fingerprint density at radius 3 is 2.66 bits per heavy atom. The van der Waals surface area contributed by atoms with E-state index in [9.17, 15) is 9.90 Å². The van der Waals surface area contributed by atoms with Gasteiger partial charge in [-0.3, -0.25) is 4.79 Å². The molecule has 2 aliphatic rings. The number of hydrogen-bond donors (Lipinski definition) is 2. The zero-order valence-corrected chi connectivity index (χ0v) is 24.5. The first-order valence-electron chi connectivity index (χ1n) is 14.9. The standard InChI is InChI=1S/C31H51ClN2O4/c1-37-18-7-6-15-31(36,27-12-8-14-29(32)22-27)28-13-9-17-34(24-28)30(35)21-26(23-33-16-19-38-2)20-25-10-4-3-5-11-25/h8,12,14,22,25-26,28,33,36H,3-7,9-11,13,15-21,23-24H2,1-2H3/t26-,28-,31-/m1/s1. The Morgan fingerprint density at radius 2 is 1.92 bits per heavy atom. The SMILES string of the molecule is COCCCC[C@@](O)(c1cccc(Cl)c1)[C@@H]1CCCN(C(=O)C[C@H](CNCCOC)CC2CCCCC2)C1. The minimum Gasteiger partial charge on any atom is -0.385 e. The van der Waals surface area contributed by atoms with E-state index in [4.69, 9.17) is 21.1 Å². The molecule has 1 amide bonds. The lowest BCUT2D eigenvalue weighted by Crippen LogP contribution is -2.48. The van der Waals surface area contributed by atoms with Crippen LogP contribution in [0.3, 0.4) is 0 Å². The fraction of sp³-hybridized carbons (Fsp3) is 0.774. The van der Waals surface area contributed by atoms with E-state index < -0.39 is 5.60 Å². The number of piperidine rings is 1. The van der Waals surface area contributed by atoms with Gasteiger partial charge in [-0.25, -0.2) is 0 Å². The van der Waals surface area contributed by atoms with Crippen molar-refractivity contribution in [2.45, 2.75) is 82.7 Å². The van der Waals surface area contributed by atoms with Gasteiger partial charge >= 0.3 is 0 Å². The first-order valence-corrected chi connectivity index (χ1v) is 15.3. The van der Waals surface area contributed by atoms with Crippen molar-refractivity contribution in [3.8, 4) is 0 Å². The van der Waals surface area contributed by atoms with E-state index in [0.29, 0.717) is 43.5 Å². The number of ether oxygens (including phenoxy) is 2. The van der Waals surface area contributed by atoms with E-state index >= 15 is 0 Å². The van der Waals surface area contributed by atoms with Crippen molar-refractivity contribution < 1.29 is 19.4 Å². The van der Waals surface area contributed by atoms with Gasteiger partial charge in [0.25, 0.3) is 0 Å². The number of carbonyl (C=O) groups excluding carboxylic acids is 1. The van der Waals surface area contributed by atoms with E-state index in [1.807, 2.05) is 29.2 Å². The van der Waals surface area contributed by atoms with Crippen LogP contribution in [-0.2, 0) is 19.9 Å². The number of unbranched alkanes of at least 4 members (excludes halogenated alkanes) is 1. The zero-order chi connectivity index (χ0) is 27.2. The molecule has 1 saturated carbocycles. The predicted octanol–water partition coefficient (Wildman–Crippen LogP) is 5.80. The number of hydrogen-bond acceptors (Lipinski definition) is 5. The van der Waals surface area contributed by atoms with Crippen LogP contribution in [0.25, 0.3) is 0 Å². The van der Waals surface area contributed by atoms with Crippen LogP contribution < -0.4 is 5.32 Å². The number of halogens is 1. The number of nitrogens with zero attached hydrogens (tertiary/aromatic N) is 1. The zero-order valence-electron chi connectivity index (χ0n) is 23.8. The monoisotopic (exact) mass is 550 g/mol. The lowest BCUT2D eigenvalue weighted by molar-refractivity contribution is -0.138. The molecule has 38 heavy (non-hydrogen) atoms. The molecule has 1 aromatic carbocycles. The Hall–Kier alpha value is -1.18. The number of amides is 1. The largest absolute Gasteiger partial charge is 0.385 e. The maximum atomic E-state index is 13.7. The summed E-state index contributed by atoms with van der Waals surface area (Å²) in [6.07, 6.45) is 12.5. The molecule has 1 heterocycles. The number of rotatable bonds is 16. The van der Waals surface area contributed by atoms with E-state index in [1.54, 1.807) is 14.2 Å². The smallest absolute Gasteiger partial charge is 0.222 e. The molecule has 216 valence electrons. The summed E-state index contributed by atoms with van der Waals surface area (Å²) in [5.74, 6) is 1.29.